The van der Waals surface area contributed by atoms with Gasteiger partial charge in [-0.1, -0.05) is 0 Å². The molecular formula is C14H12F2N2O2. The summed E-state index contributed by atoms with van der Waals surface area (Å²) < 4.78 is 31.1. The Labute approximate surface area is 114 Å². The van der Waals surface area contributed by atoms with Crippen molar-refractivity contribution >= 4 is 23.0 Å². The second-order valence-electron chi connectivity index (χ2n) is 4.05. The molecule has 4 nitrogen and oxygen atoms in total. The van der Waals surface area contributed by atoms with Gasteiger partial charge in [-0.2, -0.15) is 0 Å². The Morgan fingerprint density at radius 1 is 1.15 bits per heavy atom. The van der Waals surface area contributed by atoms with E-state index in [0.29, 0.717) is 11.4 Å². The number of nitrogen functional groups attached to an aromatic ring is 1. The molecule has 104 valence electrons. The average Bonchev–Trinajstić information content (AvgIpc) is 2.42. The molecule has 0 saturated heterocycles. The molecule has 0 aliphatic heterocycles. The number of halogens is 2. The second kappa shape index (κ2) is 5.56. The van der Waals surface area contributed by atoms with E-state index in [4.69, 9.17) is 5.73 Å². The summed E-state index contributed by atoms with van der Waals surface area (Å²) >= 11 is 0. The molecule has 2 aromatic rings. The number of benzene rings is 2. The van der Waals surface area contributed by atoms with Crippen LogP contribution in [0.15, 0.2) is 36.4 Å². The maximum absolute atomic E-state index is 13.6. The molecule has 2 rings (SSSR count). The van der Waals surface area contributed by atoms with Gasteiger partial charge in [-0.05, 0) is 30.3 Å². The highest BCUT2D eigenvalue weighted by atomic mass is 19.1. The third-order valence-electron chi connectivity index (χ3n) is 2.65. The third-order valence-corrected chi connectivity index (χ3v) is 2.65. The number of methoxy groups -OCH3 is 1. The lowest BCUT2D eigenvalue weighted by Crippen LogP contribution is -2.07. The number of hydrogen-bond acceptors (Lipinski definition) is 4. The molecule has 2 aromatic carbocycles. The van der Waals surface area contributed by atoms with Crippen molar-refractivity contribution in [1.29, 1.82) is 0 Å². The number of carbonyl (C=O) groups is 1. The number of anilines is 3. The molecule has 0 saturated carbocycles. The van der Waals surface area contributed by atoms with Crippen LogP contribution in [0.25, 0.3) is 0 Å². The van der Waals surface area contributed by atoms with Crippen molar-refractivity contribution in [3.05, 3.63) is 53.6 Å². The van der Waals surface area contributed by atoms with Gasteiger partial charge in [0.25, 0.3) is 0 Å². The van der Waals surface area contributed by atoms with Gasteiger partial charge in [0.05, 0.1) is 24.0 Å². The van der Waals surface area contributed by atoms with Gasteiger partial charge in [-0.15, -0.1) is 0 Å². The fourth-order valence-electron chi connectivity index (χ4n) is 1.69. The van der Waals surface area contributed by atoms with Gasteiger partial charge in [0, 0.05) is 11.8 Å². The molecule has 20 heavy (non-hydrogen) atoms. The highest BCUT2D eigenvalue weighted by Gasteiger charge is 2.14. The highest BCUT2D eigenvalue weighted by Crippen LogP contribution is 2.25. The summed E-state index contributed by atoms with van der Waals surface area (Å²) in [6, 6.07) is 7.58. The van der Waals surface area contributed by atoms with Gasteiger partial charge >= 0.3 is 5.97 Å². The van der Waals surface area contributed by atoms with Crippen LogP contribution >= 0.6 is 0 Å². The zero-order chi connectivity index (χ0) is 14.7. The van der Waals surface area contributed by atoms with Crippen molar-refractivity contribution in [3.8, 4) is 0 Å². The third kappa shape index (κ3) is 2.85. The van der Waals surface area contributed by atoms with Crippen molar-refractivity contribution in [2.24, 2.45) is 0 Å². The van der Waals surface area contributed by atoms with Crippen molar-refractivity contribution in [2.75, 3.05) is 18.2 Å². The summed E-state index contributed by atoms with van der Waals surface area (Å²) in [5.41, 5.74) is 6.50. The zero-order valence-electron chi connectivity index (χ0n) is 10.6. The van der Waals surface area contributed by atoms with Crippen LogP contribution in [0.4, 0.5) is 25.8 Å². The smallest absolute Gasteiger partial charge is 0.340 e. The van der Waals surface area contributed by atoms with Crippen molar-refractivity contribution in [1.82, 2.24) is 0 Å². The highest BCUT2D eigenvalue weighted by molar-refractivity contribution is 5.97. The largest absolute Gasteiger partial charge is 0.465 e. The van der Waals surface area contributed by atoms with Crippen LogP contribution in [-0.4, -0.2) is 13.1 Å². The van der Waals surface area contributed by atoms with Crippen LogP contribution in [0.1, 0.15) is 10.4 Å². The van der Waals surface area contributed by atoms with E-state index in [2.05, 4.69) is 10.1 Å². The lowest BCUT2D eigenvalue weighted by molar-refractivity contribution is 0.0602. The monoisotopic (exact) mass is 278 g/mol. The van der Waals surface area contributed by atoms with Gasteiger partial charge < -0.3 is 15.8 Å². The maximum Gasteiger partial charge on any atom is 0.340 e. The maximum atomic E-state index is 13.6. The molecule has 0 aliphatic carbocycles. The molecule has 0 fully saturated rings. The molecule has 0 bridgehead atoms. The SMILES string of the molecule is COC(=O)c1cc(N)ccc1Nc1ccc(F)cc1F. The van der Waals surface area contributed by atoms with Gasteiger partial charge in [-0.25, -0.2) is 13.6 Å². The normalized spacial score (nSPS) is 10.2. The van der Waals surface area contributed by atoms with Crippen LogP contribution in [-0.2, 0) is 4.74 Å². The molecule has 0 amide bonds. The Hall–Kier alpha value is -2.63. The summed E-state index contributed by atoms with van der Waals surface area (Å²) in [4.78, 5) is 11.6. The van der Waals surface area contributed by atoms with Gasteiger partial charge in [-0.3, -0.25) is 0 Å². The lowest BCUT2D eigenvalue weighted by atomic mass is 10.1. The zero-order valence-corrected chi connectivity index (χ0v) is 10.6. The minimum Gasteiger partial charge on any atom is -0.465 e. The Balaban J connectivity index is 2.40. The molecule has 0 radical (unpaired) electrons. The number of ether oxygens (including phenoxy) is 1. The number of nitrogens with two attached hydrogens (primary N) is 1. The number of esters is 1. The molecule has 0 aliphatic rings. The lowest BCUT2D eigenvalue weighted by Gasteiger charge is -2.12. The minimum atomic E-state index is -0.766. The fraction of sp³-hybridized carbons (Fsp3) is 0.0714. The first-order valence-corrected chi connectivity index (χ1v) is 5.71. The molecule has 0 heterocycles. The van der Waals surface area contributed by atoms with Crippen LogP contribution in [0.5, 0.6) is 0 Å². The molecule has 6 heteroatoms. The van der Waals surface area contributed by atoms with E-state index < -0.39 is 17.6 Å². The standard InChI is InChI=1S/C14H12F2N2O2/c1-20-14(19)10-7-9(17)3-5-12(10)18-13-4-2-8(15)6-11(13)16/h2-7,18H,17H2,1H3. The van der Waals surface area contributed by atoms with E-state index in [1.165, 1.54) is 25.3 Å². The summed E-state index contributed by atoms with van der Waals surface area (Å²) in [7, 11) is 1.23. The van der Waals surface area contributed by atoms with Crippen molar-refractivity contribution in [2.45, 2.75) is 0 Å². The number of nitrogens with one attached hydrogen (secondary N) is 1. The van der Waals surface area contributed by atoms with Gasteiger partial charge in [0.2, 0.25) is 0 Å². The quantitative estimate of drug-likeness (QED) is 0.669. The van der Waals surface area contributed by atoms with E-state index in [1.807, 2.05) is 0 Å². The van der Waals surface area contributed by atoms with Crippen LogP contribution in [0.2, 0.25) is 0 Å². The van der Waals surface area contributed by atoms with E-state index >= 15 is 0 Å². The average molecular weight is 278 g/mol. The first-order chi connectivity index (χ1) is 9.51. The Morgan fingerprint density at radius 2 is 1.85 bits per heavy atom. The Bertz CT molecular complexity index is 660. The Morgan fingerprint density at radius 3 is 2.50 bits per heavy atom. The van der Waals surface area contributed by atoms with E-state index in [0.717, 1.165) is 12.1 Å². The second-order valence-corrected chi connectivity index (χ2v) is 4.05. The molecular weight excluding hydrogens is 266 g/mol. The first kappa shape index (κ1) is 13.8. The first-order valence-electron chi connectivity index (χ1n) is 5.71. The fourth-order valence-corrected chi connectivity index (χ4v) is 1.69. The minimum absolute atomic E-state index is 0.0429. The number of hydrogen-bond donors (Lipinski definition) is 2. The predicted octanol–water partition coefficient (Wildman–Crippen LogP) is 3.08. The number of carbonyl (C=O) groups excluding carboxylic acids is 1. The molecule has 0 unspecified atom stereocenters. The van der Waals surface area contributed by atoms with Crippen LogP contribution in [0, 0.1) is 11.6 Å². The summed E-state index contributed by atoms with van der Waals surface area (Å²) in [6.45, 7) is 0. The molecule has 0 atom stereocenters. The van der Waals surface area contributed by atoms with E-state index in [1.54, 1.807) is 6.07 Å². The molecule has 0 aromatic heterocycles. The molecule has 0 spiro atoms. The van der Waals surface area contributed by atoms with Crippen molar-refractivity contribution < 1.29 is 18.3 Å². The van der Waals surface area contributed by atoms with Crippen LogP contribution < -0.4 is 11.1 Å². The van der Waals surface area contributed by atoms with E-state index in [9.17, 15) is 13.6 Å². The number of rotatable bonds is 3. The van der Waals surface area contributed by atoms with Gasteiger partial charge in [0.15, 0.2) is 0 Å². The van der Waals surface area contributed by atoms with Crippen molar-refractivity contribution in [3.63, 3.8) is 0 Å². The summed E-state index contributed by atoms with van der Waals surface area (Å²) in [5, 5.41) is 2.71. The van der Waals surface area contributed by atoms with Crippen LogP contribution in [0.3, 0.4) is 0 Å². The summed E-state index contributed by atoms with van der Waals surface area (Å²) in [5.74, 6) is -2.06. The topological polar surface area (TPSA) is 64.3 Å². The molecule has 3 N–H and O–H groups in total. The van der Waals surface area contributed by atoms with E-state index in [-0.39, 0.29) is 11.3 Å². The Kier molecular flexibility index (Phi) is 3.84. The summed E-state index contributed by atoms with van der Waals surface area (Å²) in [6.07, 6.45) is 0. The van der Waals surface area contributed by atoms with Gasteiger partial charge in [0.1, 0.15) is 11.6 Å². The predicted molar refractivity (Wildman–Crippen MR) is 71.8 cm³/mol.